The summed E-state index contributed by atoms with van der Waals surface area (Å²) in [6.45, 7) is 5.10. The van der Waals surface area contributed by atoms with Gasteiger partial charge in [0.15, 0.2) is 16.7 Å². The van der Waals surface area contributed by atoms with E-state index in [2.05, 4.69) is 24.8 Å². The third-order valence-corrected chi connectivity index (χ3v) is 9.43. The van der Waals surface area contributed by atoms with Gasteiger partial charge in [-0.3, -0.25) is 4.72 Å². The number of pyridine rings is 1. The Bertz CT molecular complexity index is 1950. The minimum atomic E-state index is -4.55. The van der Waals surface area contributed by atoms with Crippen molar-refractivity contribution >= 4 is 21.7 Å². The van der Waals surface area contributed by atoms with Gasteiger partial charge in [-0.05, 0) is 44.4 Å². The van der Waals surface area contributed by atoms with Gasteiger partial charge in [-0.2, -0.15) is 30.4 Å². The lowest BCUT2D eigenvalue weighted by Gasteiger charge is -2.33. The number of sulfonamides is 1. The summed E-state index contributed by atoms with van der Waals surface area (Å²) < 4.78 is 114. The lowest BCUT2D eigenvalue weighted by Crippen LogP contribution is -2.40. The first-order valence-corrected chi connectivity index (χ1v) is 17.4. The molecule has 1 aliphatic rings. The molecule has 0 amide bonds. The standard InChI is InChI=1S/C33H39F5N8O4S/c1-30(2,18-39)19-45-14-8-16-49-21-32(34,35)23-10-6-5-9-22(23)28-29(46-15-13-26(43-46)50-20-31(3,4)33(36,37)38)40-17-24(41-28)44-51(47,48)27-12-7-11-25(45)42-27/h5-7,9-13,15,17H,8,14,16,18-21,39H2,1-4H3,(H,41,44). The van der Waals surface area contributed by atoms with Crippen molar-refractivity contribution in [1.29, 1.82) is 0 Å². The van der Waals surface area contributed by atoms with Crippen LogP contribution in [0.3, 0.4) is 0 Å². The Hall–Kier alpha value is -4.42. The highest BCUT2D eigenvalue weighted by atomic mass is 32.2. The predicted octanol–water partition coefficient (Wildman–Crippen LogP) is 5.80. The van der Waals surface area contributed by atoms with Gasteiger partial charge in [-0.1, -0.05) is 44.2 Å². The number of benzene rings is 1. The van der Waals surface area contributed by atoms with E-state index >= 15 is 8.78 Å². The minimum absolute atomic E-state index is 0.0431. The largest absolute Gasteiger partial charge is 0.476 e. The third kappa shape index (κ3) is 8.73. The molecule has 0 atom stereocenters. The van der Waals surface area contributed by atoms with E-state index in [0.29, 0.717) is 31.9 Å². The molecule has 0 aliphatic carbocycles. The summed E-state index contributed by atoms with van der Waals surface area (Å²) in [6, 6.07) is 11.2. The van der Waals surface area contributed by atoms with Crippen LogP contribution in [-0.2, 0) is 20.7 Å². The number of aromatic nitrogens is 5. The molecule has 0 saturated carbocycles. The predicted molar refractivity (Wildman–Crippen MR) is 179 cm³/mol. The van der Waals surface area contributed by atoms with Crippen LogP contribution in [0, 0.1) is 10.8 Å². The van der Waals surface area contributed by atoms with Gasteiger partial charge in [-0.25, -0.2) is 19.6 Å². The van der Waals surface area contributed by atoms with Crippen LogP contribution in [-0.4, -0.2) is 78.8 Å². The molecule has 0 radical (unpaired) electrons. The molecule has 0 saturated heterocycles. The second-order valence-corrected chi connectivity index (χ2v) is 15.2. The van der Waals surface area contributed by atoms with Crippen LogP contribution in [0.1, 0.15) is 39.7 Å². The Balaban J connectivity index is 1.60. The number of rotatable bonds is 7. The second kappa shape index (κ2) is 14.3. The summed E-state index contributed by atoms with van der Waals surface area (Å²) in [7, 11) is -4.39. The summed E-state index contributed by atoms with van der Waals surface area (Å²) in [6.07, 6.45) is -1.87. The van der Waals surface area contributed by atoms with Gasteiger partial charge in [0, 0.05) is 43.1 Å². The van der Waals surface area contributed by atoms with E-state index in [1.807, 2.05) is 18.7 Å². The van der Waals surface area contributed by atoms with Gasteiger partial charge in [0.05, 0.1) is 11.6 Å². The van der Waals surface area contributed by atoms with Crippen molar-refractivity contribution in [2.75, 3.05) is 49.1 Å². The monoisotopic (exact) mass is 738 g/mol. The van der Waals surface area contributed by atoms with E-state index in [1.54, 1.807) is 6.07 Å². The van der Waals surface area contributed by atoms with Crippen LogP contribution >= 0.6 is 0 Å². The average Bonchev–Trinajstić information content (AvgIpc) is 3.54. The van der Waals surface area contributed by atoms with Gasteiger partial charge in [-0.15, -0.1) is 5.10 Å². The fraction of sp³-hybridized carbons (Fsp3) is 0.455. The number of ether oxygens (including phenoxy) is 2. The van der Waals surface area contributed by atoms with Crippen LogP contribution < -0.4 is 20.1 Å². The summed E-state index contributed by atoms with van der Waals surface area (Å²) in [5.74, 6) is -3.87. The van der Waals surface area contributed by atoms with Crippen LogP contribution in [0.15, 0.2) is 66.0 Å². The molecule has 0 fully saturated rings. The summed E-state index contributed by atoms with van der Waals surface area (Å²) in [5, 5.41) is 3.83. The Labute approximate surface area is 292 Å². The highest BCUT2D eigenvalue weighted by molar-refractivity contribution is 7.92. The van der Waals surface area contributed by atoms with Crippen molar-refractivity contribution in [3.05, 3.63) is 66.5 Å². The van der Waals surface area contributed by atoms with Crippen LogP contribution in [0.4, 0.5) is 33.6 Å². The maximum atomic E-state index is 15.9. The number of alkyl halides is 5. The van der Waals surface area contributed by atoms with E-state index in [-0.39, 0.29) is 45.8 Å². The van der Waals surface area contributed by atoms with Crippen molar-refractivity contribution in [1.82, 2.24) is 24.7 Å². The molecular formula is C33H39F5N8O4S. The van der Waals surface area contributed by atoms with Crippen molar-refractivity contribution < 1.29 is 39.8 Å². The topological polar surface area (TPSA) is 150 Å². The summed E-state index contributed by atoms with van der Waals surface area (Å²) in [4.78, 5) is 15.0. The summed E-state index contributed by atoms with van der Waals surface area (Å²) in [5.41, 5.74) is 2.57. The van der Waals surface area contributed by atoms with Gasteiger partial charge in [0.1, 0.15) is 24.7 Å². The Morgan fingerprint density at radius 1 is 1.04 bits per heavy atom. The normalized spacial score (nSPS) is 16.9. The Kier molecular flexibility index (Phi) is 10.6. The Morgan fingerprint density at radius 2 is 1.78 bits per heavy atom. The first kappa shape index (κ1) is 37.8. The molecule has 3 aromatic heterocycles. The van der Waals surface area contributed by atoms with E-state index in [0.717, 1.165) is 24.7 Å². The molecule has 4 bridgehead atoms. The lowest BCUT2D eigenvalue weighted by atomic mass is 9.93. The Morgan fingerprint density at radius 3 is 2.51 bits per heavy atom. The quantitative estimate of drug-likeness (QED) is 0.223. The summed E-state index contributed by atoms with van der Waals surface area (Å²) >= 11 is 0. The minimum Gasteiger partial charge on any atom is -0.476 e. The van der Waals surface area contributed by atoms with E-state index < -0.39 is 46.3 Å². The molecule has 1 aliphatic heterocycles. The van der Waals surface area contributed by atoms with Crippen molar-refractivity contribution in [2.24, 2.45) is 16.6 Å². The molecule has 18 heteroatoms. The maximum Gasteiger partial charge on any atom is 0.397 e. The van der Waals surface area contributed by atoms with Crippen molar-refractivity contribution in [2.45, 2.75) is 51.2 Å². The fourth-order valence-corrected chi connectivity index (χ4v) is 5.99. The molecule has 3 N–H and O–H groups in total. The number of nitrogens with zero attached hydrogens (tertiary/aromatic N) is 6. The SMILES string of the molecule is CC(C)(CN)CN1CCCOCC(F)(F)c2ccccc2-c2nc(cnc2-n2ccc(OCC(C)(C)C(F)(F)F)n2)NS(=O)(=O)c2cccc1n2. The number of hydrogen-bond acceptors (Lipinski definition) is 10. The van der Waals surface area contributed by atoms with Gasteiger partial charge in [0.25, 0.3) is 15.9 Å². The second-order valence-electron chi connectivity index (χ2n) is 13.6. The average molecular weight is 739 g/mol. The molecule has 0 unspecified atom stereocenters. The van der Waals surface area contributed by atoms with Gasteiger partial charge < -0.3 is 20.1 Å². The molecule has 4 aromatic rings. The highest BCUT2D eigenvalue weighted by Crippen LogP contribution is 2.39. The molecular weight excluding hydrogens is 699 g/mol. The zero-order chi connectivity index (χ0) is 37.2. The fourth-order valence-electron chi connectivity index (χ4n) is 5.04. The zero-order valence-electron chi connectivity index (χ0n) is 28.4. The van der Waals surface area contributed by atoms with Crippen LogP contribution in [0.5, 0.6) is 5.88 Å². The smallest absolute Gasteiger partial charge is 0.397 e. The van der Waals surface area contributed by atoms with Crippen molar-refractivity contribution in [3.63, 3.8) is 0 Å². The molecule has 276 valence electrons. The van der Waals surface area contributed by atoms with Crippen molar-refractivity contribution in [3.8, 4) is 23.0 Å². The maximum absolute atomic E-state index is 15.9. The third-order valence-electron chi connectivity index (χ3n) is 8.18. The van der Waals surface area contributed by atoms with Crippen LogP contribution in [0.2, 0.25) is 0 Å². The molecule has 51 heavy (non-hydrogen) atoms. The molecule has 4 heterocycles. The van der Waals surface area contributed by atoms with E-state index in [1.165, 1.54) is 48.7 Å². The first-order valence-electron chi connectivity index (χ1n) is 15.9. The van der Waals surface area contributed by atoms with Gasteiger partial charge >= 0.3 is 6.18 Å². The van der Waals surface area contributed by atoms with E-state index in [9.17, 15) is 21.6 Å². The number of fused-ring (bicyclic) bond motifs is 6. The number of anilines is 2. The first-order chi connectivity index (χ1) is 23.8. The number of nitrogens with one attached hydrogen (secondary N) is 1. The molecule has 5 rings (SSSR count). The number of halogens is 5. The molecule has 1 aromatic carbocycles. The van der Waals surface area contributed by atoms with Gasteiger partial charge in [0.2, 0.25) is 5.88 Å². The number of hydrogen-bond donors (Lipinski definition) is 2. The van der Waals surface area contributed by atoms with Crippen LogP contribution in [0.25, 0.3) is 17.1 Å². The number of nitrogens with two attached hydrogens (primary N) is 1. The molecule has 12 nitrogen and oxygen atoms in total. The van der Waals surface area contributed by atoms with E-state index in [4.69, 9.17) is 15.2 Å². The molecule has 0 spiro atoms. The highest BCUT2D eigenvalue weighted by Gasteiger charge is 2.48. The zero-order valence-corrected chi connectivity index (χ0v) is 29.2. The lowest BCUT2D eigenvalue weighted by molar-refractivity contribution is -0.219.